The van der Waals surface area contributed by atoms with Crippen LogP contribution >= 0.6 is 11.8 Å². The molecule has 0 radical (unpaired) electrons. The molecule has 0 unspecified atom stereocenters. The van der Waals surface area contributed by atoms with Gasteiger partial charge in [-0.3, -0.25) is 0 Å². The highest BCUT2D eigenvalue weighted by Gasteiger charge is 2.31. The number of fused-ring (bicyclic) bond motifs is 1. The van der Waals surface area contributed by atoms with Gasteiger partial charge in [-0.1, -0.05) is 24.3 Å². The van der Waals surface area contributed by atoms with E-state index in [-0.39, 0.29) is 11.4 Å². The van der Waals surface area contributed by atoms with Gasteiger partial charge in [-0.15, -0.1) is 11.8 Å². The Bertz CT molecular complexity index is 565. The van der Waals surface area contributed by atoms with Gasteiger partial charge in [-0.2, -0.15) is 0 Å². The van der Waals surface area contributed by atoms with Crippen LogP contribution in [-0.2, 0) is 6.42 Å². The van der Waals surface area contributed by atoms with Crippen molar-refractivity contribution in [2.45, 2.75) is 22.7 Å². The van der Waals surface area contributed by atoms with Gasteiger partial charge in [0.15, 0.2) is 0 Å². The highest BCUT2D eigenvalue weighted by molar-refractivity contribution is 8.00. The minimum absolute atomic E-state index is 0.200. The number of thioether (sulfide) groups is 1. The maximum absolute atomic E-state index is 10.4. The molecule has 2 atom stereocenters. The Kier molecular flexibility index (Phi) is 3.49. The van der Waals surface area contributed by atoms with Crippen LogP contribution in [0, 0.1) is 0 Å². The summed E-state index contributed by atoms with van der Waals surface area (Å²) in [7, 11) is 1.67. The highest BCUT2D eigenvalue weighted by Crippen LogP contribution is 2.41. The Morgan fingerprint density at radius 1 is 1.11 bits per heavy atom. The summed E-state index contributed by atoms with van der Waals surface area (Å²) in [5, 5.41) is 10.6. The number of aliphatic hydroxyl groups is 1. The van der Waals surface area contributed by atoms with Crippen molar-refractivity contribution in [3.63, 3.8) is 0 Å². The molecule has 1 aliphatic carbocycles. The van der Waals surface area contributed by atoms with E-state index in [2.05, 4.69) is 6.07 Å². The monoisotopic (exact) mass is 272 g/mol. The van der Waals surface area contributed by atoms with Crippen molar-refractivity contribution in [1.29, 1.82) is 0 Å². The Morgan fingerprint density at radius 3 is 2.53 bits per heavy atom. The number of methoxy groups -OCH3 is 1. The number of aliphatic hydroxyl groups excluding tert-OH is 1. The van der Waals surface area contributed by atoms with Crippen LogP contribution in [0.5, 0.6) is 5.75 Å². The van der Waals surface area contributed by atoms with Gasteiger partial charge in [-0.05, 0) is 41.8 Å². The van der Waals surface area contributed by atoms with E-state index in [1.807, 2.05) is 42.5 Å². The first-order valence-corrected chi connectivity index (χ1v) is 7.22. The molecule has 2 aromatic rings. The summed E-state index contributed by atoms with van der Waals surface area (Å²) < 4.78 is 5.15. The summed E-state index contributed by atoms with van der Waals surface area (Å²) in [6, 6.07) is 16.1. The average Bonchev–Trinajstić information content (AvgIpc) is 2.77. The molecule has 3 rings (SSSR count). The van der Waals surface area contributed by atoms with Gasteiger partial charge in [-0.25, -0.2) is 0 Å². The molecule has 1 N–H and O–H groups in total. The molecule has 0 saturated heterocycles. The van der Waals surface area contributed by atoms with Crippen molar-refractivity contribution in [2.75, 3.05) is 7.11 Å². The third-order valence-electron chi connectivity index (χ3n) is 3.49. The van der Waals surface area contributed by atoms with E-state index in [1.165, 1.54) is 5.56 Å². The number of ether oxygens (including phenoxy) is 1. The van der Waals surface area contributed by atoms with E-state index in [0.29, 0.717) is 0 Å². The molecular weight excluding hydrogens is 256 g/mol. The Balaban J connectivity index is 1.75. The smallest absolute Gasteiger partial charge is 0.118 e. The molecule has 98 valence electrons. The molecule has 19 heavy (non-hydrogen) atoms. The molecule has 3 heteroatoms. The standard InChI is InChI=1S/C16H16O2S/c1-18-12-6-8-13(9-7-12)19-15-10-11-4-2-3-5-14(11)16(15)17/h2-9,15-17H,10H2,1H3/t15-,16+/m0/s1. The van der Waals surface area contributed by atoms with E-state index in [9.17, 15) is 5.11 Å². The predicted octanol–water partition coefficient (Wildman–Crippen LogP) is 3.45. The molecular formula is C16H16O2S. The lowest BCUT2D eigenvalue weighted by Crippen LogP contribution is -2.08. The molecule has 0 fully saturated rings. The zero-order chi connectivity index (χ0) is 13.2. The first-order valence-electron chi connectivity index (χ1n) is 6.34. The SMILES string of the molecule is COc1ccc(S[C@H]2Cc3ccccc3[C@H]2O)cc1. The number of hydrogen-bond donors (Lipinski definition) is 1. The van der Waals surface area contributed by atoms with Crippen LogP contribution in [0.1, 0.15) is 17.2 Å². The molecule has 0 bridgehead atoms. The Hall–Kier alpha value is -1.45. The lowest BCUT2D eigenvalue weighted by Gasteiger charge is -2.14. The summed E-state index contributed by atoms with van der Waals surface area (Å²) in [5.74, 6) is 0.861. The van der Waals surface area contributed by atoms with Gasteiger partial charge in [0.1, 0.15) is 5.75 Å². The normalized spacial score (nSPS) is 21.2. The van der Waals surface area contributed by atoms with Crippen LogP contribution in [0.15, 0.2) is 53.4 Å². The van der Waals surface area contributed by atoms with Crippen molar-refractivity contribution >= 4 is 11.8 Å². The van der Waals surface area contributed by atoms with Crippen molar-refractivity contribution in [1.82, 2.24) is 0 Å². The van der Waals surface area contributed by atoms with E-state index >= 15 is 0 Å². The van der Waals surface area contributed by atoms with Crippen LogP contribution in [-0.4, -0.2) is 17.5 Å². The summed E-state index contributed by atoms with van der Waals surface area (Å²) in [6.45, 7) is 0. The van der Waals surface area contributed by atoms with Crippen LogP contribution in [0.4, 0.5) is 0 Å². The maximum atomic E-state index is 10.4. The van der Waals surface area contributed by atoms with Crippen LogP contribution in [0.25, 0.3) is 0 Å². The second-order valence-corrected chi connectivity index (χ2v) is 5.99. The van der Waals surface area contributed by atoms with Crippen LogP contribution < -0.4 is 4.74 Å². The zero-order valence-electron chi connectivity index (χ0n) is 10.7. The fourth-order valence-electron chi connectivity index (χ4n) is 2.47. The molecule has 0 amide bonds. The predicted molar refractivity (Wildman–Crippen MR) is 77.7 cm³/mol. The summed E-state index contributed by atoms with van der Waals surface area (Å²) in [4.78, 5) is 1.16. The fourth-order valence-corrected chi connectivity index (χ4v) is 3.65. The van der Waals surface area contributed by atoms with Crippen molar-refractivity contribution in [2.24, 2.45) is 0 Å². The minimum atomic E-state index is -0.372. The lowest BCUT2D eigenvalue weighted by atomic mass is 10.1. The van der Waals surface area contributed by atoms with Crippen LogP contribution in [0.3, 0.4) is 0 Å². The van der Waals surface area contributed by atoms with Gasteiger partial charge in [0, 0.05) is 10.1 Å². The second kappa shape index (κ2) is 5.27. The van der Waals surface area contributed by atoms with Gasteiger partial charge < -0.3 is 9.84 Å². The third-order valence-corrected chi connectivity index (χ3v) is 4.77. The number of benzene rings is 2. The van der Waals surface area contributed by atoms with Gasteiger partial charge in [0.2, 0.25) is 0 Å². The van der Waals surface area contributed by atoms with Crippen molar-refractivity contribution < 1.29 is 9.84 Å². The molecule has 2 nitrogen and oxygen atoms in total. The summed E-state index contributed by atoms with van der Waals surface area (Å²) >= 11 is 1.73. The third kappa shape index (κ3) is 2.48. The first-order chi connectivity index (χ1) is 9.28. The van der Waals surface area contributed by atoms with Crippen LogP contribution in [0.2, 0.25) is 0 Å². The van der Waals surface area contributed by atoms with E-state index < -0.39 is 0 Å². The molecule has 1 aliphatic rings. The topological polar surface area (TPSA) is 29.5 Å². The average molecular weight is 272 g/mol. The number of rotatable bonds is 3. The second-order valence-electron chi connectivity index (χ2n) is 4.68. The molecule has 0 saturated carbocycles. The van der Waals surface area contributed by atoms with Gasteiger partial charge >= 0.3 is 0 Å². The number of hydrogen-bond acceptors (Lipinski definition) is 3. The molecule has 0 aromatic heterocycles. The summed E-state index contributed by atoms with van der Waals surface area (Å²) in [6.07, 6.45) is 0.553. The molecule has 0 heterocycles. The Morgan fingerprint density at radius 2 is 1.84 bits per heavy atom. The summed E-state index contributed by atoms with van der Waals surface area (Å²) in [5.41, 5.74) is 2.34. The van der Waals surface area contributed by atoms with Gasteiger partial charge in [0.05, 0.1) is 13.2 Å². The van der Waals surface area contributed by atoms with Crippen molar-refractivity contribution in [3.8, 4) is 5.75 Å². The van der Waals surface area contributed by atoms with Gasteiger partial charge in [0.25, 0.3) is 0 Å². The highest BCUT2D eigenvalue weighted by atomic mass is 32.2. The maximum Gasteiger partial charge on any atom is 0.118 e. The van der Waals surface area contributed by atoms with Crippen molar-refractivity contribution in [3.05, 3.63) is 59.7 Å². The quantitative estimate of drug-likeness (QED) is 0.928. The Labute approximate surface area is 117 Å². The molecule has 2 aromatic carbocycles. The largest absolute Gasteiger partial charge is 0.497 e. The minimum Gasteiger partial charge on any atom is -0.497 e. The first kappa shape index (κ1) is 12.6. The molecule has 0 aliphatic heterocycles. The molecule has 0 spiro atoms. The van der Waals surface area contributed by atoms with E-state index in [1.54, 1.807) is 18.9 Å². The van der Waals surface area contributed by atoms with E-state index in [0.717, 1.165) is 22.6 Å². The lowest BCUT2D eigenvalue weighted by molar-refractivity contribution is 0.185. The fraction of sp³-hybridized carbons (Fsp3) is 0.250. The van der Waals surface area contributed by atoms with E-state index in [4.69, 9.17) is 4.74 Å². The zero-order valence-corrected chi connectivity index (χ0v) is 11.6.